The van der Waals surface area contributed by atoms with Crippen molar-refractivity contribution < 1.29 is 9.53 Å². The summed E-state index contributed by atoms with van der Waals surface area (Å²) in [5, 5.41) is 5.79. The van der Waals surface area contributed by atoms with Crippen molar-refractivity contribution >= 4 is 11.7 Å². The van der Waals surface area contributed by atoms with Crippen LogP contribution in [0.2, 0.25) is 0 Å². The lowest BCUT2D eigenvalue weighted by Gasteiger charge is -2.33. The molecule has 19 heavy (non-hydrogen) atoms. The fourth-order valence-corrected chi connectivity index (χ4v) is 2.00. The SMILES string of the molecule is CNc1cnc(C(=O)NCC2(C)CCOCC2)cn1. The molecule has 1 aromatic heterocycles. The van der Waals surface area contributed by atoms with Crippen LogP contribution < -0.4 is 10.6 Å². The molecule has 2 heterocycles. The Morgan fingerprint density at radius 2 is 2.11 bits per heavy atom. The Balaban J connectivity index is 1.89. The van der Waals surface area contributed by atoms with Crippen LogP contribution in [-0.2, 0) is 4.74 Å². The number of carbonyl (C=O) groups excluding carboxylic acids is 1. The van der Waals surface area contributed by atoms with E-state index in [9.17, 15) is 4.79 Å². The normalized spacial score (nSPS) is 17.8. The van der Waals surface area contributed by atoms with Gasteiger partial charge in [-0.15, -0.1) is 0 Å². The highest BCUT2D eigenvalue weighted by atomic mass is 16.5. The minimum atomic E-state index is -0.178. The van der Waals surface area contributed by atoms with Gasteiger partial charge in [0.05, 0.1) is 12.4 Å². The van der Waals surface area contributed by atoms with Crippen LogP contribution >= 0.6 is 0 Å². The summed E-state index contributed by atoms with van der Waals surface area (Å²) in [6.45, 7) is 4.35. The molecule has 0 bridgehead atoms. The quantitative estimate of drug-likeness (QED) is 0.850. The maximum absolute atomic E-state index is 12.0. The Morgan fingerprint density at radius 1 is 1.37 bits per heavy atom. The summed E-state index contributed by atoms with van der Waals surface area (Å²) in [4.78, 5) is 20.1. The zero-order valence-corrected chi connectivity index (χ0v) is 11.4. The fourth-order valence-electron chi connectivity index (χ4n) is 2.00. The van der Waals surface area contributed by atoms with E-state index in [-0.39, 0.29) is 11.3 Å². The average molecular weight is 264 g/mol. The maximum atomic E-state index is 12.0. The number of ether oxygens (including phenoxy) is 1. The van der Waals surface area contributed by atoms with Gasteiger partial charge in [-0.2, -0.15) is 0 Å². The Labute approximate surface area is 113 Å². The summed E-state index contributed by atoms with van der Waals surface area (Å²) in [6, 6.07) is 0. The summed E-state index contributed by atoms with van der Waals surface area (Å²) < 4.78 is 5.34. The van der Waals surface area contributed by atoms with Gasteiger partial charge in [0.25, 0.3) is 5.91 Å². The Bertz CT molecular complexity index is 427. The number of hydrogen-bond acceptors (Lipinski definition) is 5. The zero-order chi connectivity index (χ0) is 13.7. The van der Waals surface area contributed by atoms with Crippen molar-refractivity contribution in [2.75, 3.05) is 32.1 Å². The van der Waals surface area contributed by atoms with Gasteiger partial charge in [-0.3, -0.25) is 4.79 Å². The highest BCUT2D eigenvalue weighted by Crippen LogP contribution is 2.28. The third-order valence-corrected chi connectivity index (χ3v) is 3.52. The third kappa shape index (κ3) is 3.64. The molecule has 1 amide bonds. The summed E-state index contributed by atoms with van der Waals surface area (Å²) in [6.07, 6.45) is 4.97. The Hall–Kier alpha value is -1.69. The highest BCUT2D eigenvalue weighted by molar-refractivity contribution is 5.92. The first-order chi connectivity index (χ1) is 9.13. The van der Waals surface area contributed by atoms with Gasteiger partial charge in [-0.1, -0.05) is 6.92 Å². The van der Waals surface area contributed by atoms with Crippen LogP contribution in [0, 0.1) is 5.41 Å². The van der Waals surface area contributed by atoms with E-state index in [1.807, 2.05) is 0 Å². The lowest BCUT2D eigenvalue weighted by atomic mass is 9.82. The van der Waals surface area contributed by atoms with Crippen LogP contribution in [0.1, 0.15) is 30.3 Å². The molecule has 1 aliphatic rings. The number of nitrogens with one attached hydrogen (secondary N) is 2. The predicted molar refractivity (Wildman–Crippen MR) is 72.1 cm³/mol. The van der Waals surface area contributed by atoms with Crippen LogP contribution in [0.15, 0.2) is 12.4 Å². The Kier molecular flexibility index (Phi) is 4.31. The van der Waals surface area contributed by atoms with Crippen LogP contribution in [0.3, 0.4) is 0 Å². The molecule has 2 N–H and O–H groups in total. The smallest absolute Gasteiger partial charge is 0.271 e. The number of nitrogens with zero attached hydrogens (tertiary/aromatic N) is 2. The van der Waals surface area contributed by atoms with E-state index in [1.165, 1.54) is 6.20 Å². The molecule has 104 valence electrons. The first kappa shape index (κ1) is 13.7. The van der Waals surface area contributed by atoms with Gasteiger partial charge in [-0.05, 0) is 18.3 Å². The first-order valence-electron chi connectivity index (χ1n) is 6.49. The topological polar surface area (TPSA) is 76.1 Å². The number of hydrogen-bond donors (Lipinski definition) is 2. The summed E-state index contributed by atoms with van der Waals surface area (Å²) in [5.41, 5.74) is 0.460. The lowest BCUT2D eigenvalue weighted by molar-refractivity contribution is 0.0238. The number of aromatic nitrogens is 2. The molecule has 1 fully saturated rings. The van der Waals surface area contributed by atoms with Gasteiger partial charge in [0.1, 0.15) is 11.5 Å². The molecule has 0 saturated carbocycles. The van der Waals surface area contributed by atoms with E-state index >= 15 is 0 Å². The lowest BCUT2D eigenvalue weighted by Crippen LogP contribution is -2.39. The molecule has 0 aromatic carbocycles. The molecule has 0 radical (unpaired) electrons. The second-order valence-corrected chi connectivity index (χ2v) is 5.14. The van der Waals surface area contributed by atoms with E-state index < -0.39 is 0 Å². The zero-order valence-electron chi connectivity index (χ0n) is 11.4. The maximum Gasteiger partial charge on any atom is 0.271 e. The van der Waals surface area contributed by atoms with Crippen molar-refractivity contribution in [3.8, 4) is 0 Å². The van der Waals surface area contributed by atoms with Crippen LogP contribution in [0.25, 0.3) is 0 Å². The van der Waals surface area contributed by atoms with Crippen molar-refractivity contribution in [3.63, 3.8) is 0 Å². The Morgan fingerprint density at radius 3 is 2.68 bits per heavy atom. The number of amides is 1. The number of rotatable bonds is 4. The van der Waals surface area contributed by atoms with Gasteiger partial charge in [0.2, 0.25) is 0 Å². The number of carbonyl (C=O) groups is 1. The van der Waals surface area contributed by atoms with Crippen molar-refractivity contribution in [2.45, 2.75) is 19.8 Å². The third-order valence-electron chi connectivity index (χ3n) is 3.52. The molecule has 2 rings (SSSR count). The largest absolute Gasteiger partial charge is 0.381 e. The van der Waals surface area contributed by atoms with E-state index in [0.29, 0.717) is 18.1 Å². The highest BCUT2D eigenvalue weighted by Gasteiger charge is 2.27. The van der Waals surface area contributed by atoms with Crippen molar-refractivity contribution in [2.24, 2.45) is 5.41 Å². The molecule has 6 nitrogen and oxygen atoms in total. The van der Waals surface area contributed by atoms with E-state index in [0.717, 1.165) is 26.1 Å². The van der Waals surface area contributed by atoms with Gasteiger partial charge < -0.3 is 15.4 Å². The summed E-state index contributed by atoms with van der Waals surface area (Å²) >= 11 is 0. The van der Waals surface area contributed by atoms with Crippen LogP contribution in [0.4, 0.5) is 5.82 Å². The van der Waals surface area contributed by atoms with E-state index in [2.05, 4.69) is 27.5 Å². The van der Waals surface area contributed by atoms with E-state index in [1.54, 1.807) is 13.2 Å². The molecule has 0 spiro atoms. The summed E-state index contributed by atoms with van der Waals surface area (Å²) in [7, 11) is 1.76. The van der Waals surface area contributed by atoms with E-state index in [4.69, 9.17) is 4.74 Å². The van der Waals surface area contributed by atoms with Gasteiger partial charge in [0.15, 0.2) is 0 Å². The van der Waals surface area contributed by atoms with Gasteiger partial charge >= 0.3 is 0 Å². The monoisotopic (exact) mass is 264 g/mol. The summed E-state index contributed by atoms with van der Waals surface area (Å²) in [5.74, 6) is 0.468. The second-order valence-electron chi connectivity index (χ2n) is 5.14. The molecule has 6 heteroatoms. The molecule has 1 aliphatic heterocycles. The molecule has 1 saturated heterocycles. The minimum Gasteiger partial charge on any atom is -0.381 e. The molecular formula is C13H20N4O2. The molecular weight excluding hydrogens is 244 g/mol. The van der Waals surface area contributed by atoms with Gasteiger partial charge in [0, 0.05) is 26.8 Å². The molecule has 0 aliphatic carbocycles. The first-order valence-corrected chi connectivity index (χ1v) is 6.49. The molecule has 0 unspecified atom stereocenters. The van der Waals surface area contributed by atoms with Crippen molar-refractivity contribution in [1.29, 1.82) is 0 Å². The average Bonchev–Trinajstić information content (AvgIpc) is 2.46. The molecule has 0 atom stereocenters. The van der Waals surface area contributed by atoms with Crippen LogP contribution in [0.5, 0.6) is 0 Å². The minimum absolute atomic E-state index is 0.117. The van der Waals surface area contributed by atoms with Gasteiger partial charge in [-0.25, -0.2) is 9.97 Å². The van der Waals surface area contributed by atoms with Crippen LogP contribution in [-0.4, -0.2) is 42.7 Å². The van der Waals surface area contributed by atoms with Crippen molar-refractivity contribution in [1.82, 2.24) is 15.3 Å². The predicted octanol–water partition coefficient (Wildman–Crippen LogP) is 1.06. The fraction of sp³-hybridized carbons (Fsp3) is 0.615. The molecule has 1 aromatic rings. The second kappa shape index (κ2) is 5.97. The van der Waals surface area contributed by atoms with Crippen molar-refractivity contribution in [3.05, 3.63) is 18.1 Å². The number of anilines is 1. The standard InChI is InChI=1S/C13H20N4O2/c1-13(3-5-19-6-4-13)9-17-12(18)10-7-16-11(14-2)8-15-10/h7-8H,3-6,9H2,1-2H3,(H,14,16)(H,17,18).